The molecule has 0 spiro atoms. The Morgan fingerprint density at radius 2 is 1.72 bits per heavy atom. The van der Waals surface area contributed by atoms with E-state index in [4.69, 9.17) is 49.0 Å². The fourth-order valence-corrected chi connectivity index (χ4v) is 4.77. The molecule has 29 heavy (non-hydrogen) atoms. The van der Waals surface area contributed by atoms with Crippen molar-refractivity contribution in [3.8, 4) is 17.6 Å². The van der Waals surface area contributed by atoms with Gasteiger partial charge in [0.1, 0.15) is 17.6 Å². The first-order valence-electron chi connectivity index (χ1n) is 9.32. The Bertz CT molecular complexity index is 923. The van der Waals surface area contributed by atoms with Gasteiger partial charge in [0.25, 0.3) is 0 Å². The number of halogens is 3. The van der Waals surface area contributed by atoms with Gasteiger partial charge in [-0.2, -0.15) is 5.26 Å². The SMILES string of the molecule is CC1(C)[C@@H]2[C@@H](O[C@@H](C#N)c3cccc(Oc4ccccc4)c3)O[C@@H](C(Cl)(Cl)Cl)[C@@H]21. The second-order valence-corrected chi connectivity index (χ2v) is 10.3. The van der Waals surface area contributed by atoms with Gasteiger partial charge in [-0.05, 0) is 35.2 Å². The highest BCUT2D eigenvalue weighted by Crippen LogP contribution is 2.70. The maximum Gasteiger partial charge on any atom is 0.216 e. The summed E-state index contributed by atoms with van der Waals surface area (Å²) in [5.74, 6) is 1.48. The average Bonchev–Trinajstić information content (AvgIpc) is 3.02. The maximum atomic E-state index is 9.73. The highest BCUT2D eigenvalue weighted by molar-refractivity contribution is 6.68. The van der Waals surface area contributed by atoms with E-state index in [1.165, 1.54) is 0 Å². The van der Waals surface area contributed by atoms with E-state index < -0.39 is 22.3 Å². The second-order valence-electron chi connectivity index (χ2n) is 7.97. The molecule has 4 rings (SSSR count). The van der Waals surface area contributed by atoms with Crippen LogP contribution in [0.4, 0.5) is 0 Å². The summed E-state index contributed by atoms with van der Waals surface area (Å²) in [4.78, 5) is 0. The molecule has 0 bridgehead atoms. The summed E-state index contributed by atoms with van der Waals surface area (Å²) >= 11 is 18.3. The molecular weight excluding hydrogens is 433 g/mol. The topological polar surface area (TPSA) is 51.5 Å². The summed E-state index contributed by atoms with van der Waals surface area (Å²) in [5, 5.41) is 9.73. The Morgan fingerprint density at radius 3 is 2.34 bits per heavy atom. The van der Waals surface area contributed by atoms with Crippen LogP contribution in [0.15, 0.2) is 54.6 Å². The van der Waals surface area contributed by atoms with Crippen LogP contribution in [0.5, 0.6) is 11.5 Å². The van der Waals surface area contributed by atoms with Crippen LogP contribution in [0.25, 0.3) is 0 Å². The lowest BCUT2D eigenvalue weighted by atomic mass is 10.0. The Balaban J connectivity index is 1.50. The molecular formula is C22H20Cl3NO3. The molecule has 1 saturated heterocycles. The summed E-state index contributed by atoms with van der Waals surface area (Å²) < 4.78 is 16.3. The third kappa shape index (κ3) is 4.08. The number of alkyl halides is 3. The minimum Gasteiger partial charge on any atom is -0.457 e. The first-order valence-corrected chi connectivity index (χ1v) is 10.5. The third-order valence-electron chi connectivity index (χ3n) is 5.75. The quantitative estimate of drug-likeness (QED) is 0.491. The minimum absolute atomic E-state index is 0.0720. The molecule has 1 aliphatic heterocycles. The van der Waals surface area contributed by atoms with Crippen molar-refractivity contribution in [1.29, 1.82) is 5.26 Å². The number of nitrogens with zero attached hydrogens (tertiary/aromatic N) is 1. The Hall–Kier alpha value is -1.48. The van der Waals surface area contributed by atoms with Gasteiger partial charge in [-0.3, -0.25) is 0 Å². The number of para-hydroxylation sites is 1. The van der Waals surface area contributed by atoms with E-state index in [1.54, 1.807) is 6.07 Å². The molecule has 0 N–H and O–H groups in total. The highest BCUT2D eigenvalue weighted by Gasteiger charge is 2.73. The lowest BCUT2D eigenvalue weighted by Gasteiger charge is -2.29. The molecule has 1 saturated carbocycles. The monoisotopic (exact) mass is 451 g/mol. The van der Waals surface area contributed by atoms with Crippen LogP contribution in [-0.4, -0.2) is 16.2 Å². The van der Waals surface area contributed by atoms with E-state index in [-0.39, 0.29) is 17.3 Å². The largest absolute Gasteiger partial charge is 0.457 e. The standard InChI is InChI=1S/C22H20Cl3NO3/c1-21(2)17-18(21)20(29-19(17)22(23,24)25)28-16(12-26)13-7-6-10-15(11-13)27-14-8-4-3-5-9-14/h3-11,16-20H,1-2H3/t16-,17+,18-,19+,20-/m0/s1. The number of fused-ring (bicyclic) bond motifs is 1. The number of nitriles is 1. The first kappa shape index (κ1) is 20.8. The molecule has 2 aromatic rings. The van der Waals surface area contributed by atoms with E-state index in [0.29, 0.717) is 17.1 Å². The van der Waals surface area contributed by atoms with Gasteiger partial charge in [0.2, 0.25) is 3.79 Å². The molecule has 7 heteroatoms. The Morgan fingerprint density at radius 1 is 1.03 bits per heavy atom. The minimum atomic E-state index is -1.54. The fourth-order valence-electron chi connectivity index (χ4n) is 4.21. The molecule has 2 fully saturated rings. The van der Waals surface area contributed by atoms with Crippen LogP contribution < -0.4 is 4.74 Å². The molecule has 0 unspecified atom stereocenters. The number of benzene rings is 2. The van der Waals surface area contributed by atoms with Crippen molar-refractivity contribution in [1.82, 2.24) is 0 Å². The van der Waals surface area contributed by atoms with E-state index >= 15 is 0 Å². The van der Waals surface area contributed by atoms with Crippen LogP contribution in [-0.2, 0) is 9.47 Å². The molecule has 4 nitrogen and oxygen atoms in total. The third-order valence-corrected chi connectivity index (χ3v) is 6.39. The zero-order valence-corrected chi connectivity index (χ0v) is 18.2. The maximum absolute atomic E-state index is 9.73. The van der Waals surface area contributed by atoms with E-state index in [9.17, 15) is 5.26 Å². The number of ether oxygens (including phenoxy) is 3. The molecule has 0 radical (unpaired) electrons. The van der Waals surface area contributed by atoms with E-state index in [1.807, 2.05) is 48.5 Å². The first-order chi connectivity index (χ1) is 13.7. The second kappa shape index (κ2) is 7.65. The van der Waals surface area contributed by atoms with Crippen LogP contribution in [0.3, 0.4) is 0 Å². The summed E-state index contributed by atoms with van der Waals surface area (Å²) in [6.45, 7) is 4.20. The molecule has 0 aromatic heterocycles. The van der Waals surface area contributed by atoms with Gasteiger partial charge in [-0.1, -0.05) is 79.0 Å². The number of hydrogen-bond donors (Lipinski definition) is 0. The van der Waals surface area contributed by atoms with Crippen LogP contribution in [0.2, 0.25) is 0 Å². The summed E-state index contributed by atoms with van der Waals surface area (Å²) in [5.41, 5.74) is 0.604. The van der Waals surface area contributed by atoms with Crippen molar-refractivity contribution >= 4 is 34.8 Å². The molecule has 1 heterocycles. The fraction of sp³-hybridized carbons (Fsp3) is 0.409. The predicted octanol–water partition coefficient (Wildman–Crippen LogP) is 6.43. The van der Waals surface area contributed by atoms with Gasteiger partial charge in [0, 0.05) is 11.8 Å². The molecule has 5 atom stereocenters. The summed E-state index contributed by atoms with van der Waals surface area (Å²) in [6, 6.07) is 18.9. The summed E-state index contributed by atoms with van der Waals surface area (Å²) in [7, 11) is 0. The van der Waals surface area contributed by atoms with Gasteiger partial charge in [-0.15, -0.1) is 0 Å². The van der Waals surface area contributed by atoms with E-state index in [0.717, 1.165) is 0 Å². The van der Waals surface area contributed by atoms with Gasteiger partial charge in [0.05, 0.1) is 6.07 Å². The Kier molecular flexibility index (Phi) is 5.48. The Labute approximate surface area is 185 Å². The zero-order valence-electron chi connectivity index (χ0n) is 15.9. The van der Waals surface area contributed by atoms with Crippen LogP contribution in [0, 0.1) is 28.6 Å². The molecule has 2 aliphatic rings. The average molecular weight is 453 g/mol. The van der Waals surface area contributed by atoms with Gasteiger partial charge < -0.3 is 14.2 Å². The zero-order chi connectivity index (χ0) is 20.8. The van der Waals surface area contributed by atoms with Gasteiger partial charge >= 0.3 is 0 Å². The number of rotatable bonds is 5. The van der Waals surface area contributed by atoms with E-state index in [2.05, 4.69) is 19.9 Å². The van der Waals surface area contributed by atoms with Crippen molar-refractivity contribution in [3.63, 3.8) is 0 Å². The lowest BCUT2D eigenvalue weighted by Crippen LogP contribution is -2.34. The highest BCUT2D eigenvalue weighted by atomic mass is 35.6. The van der Waals surface area contributed by atoms with Crippen LogP contribution in [0.1, 0.15) is 25.5 Å². The smallest absolute Gasteiger partial charge is 0.216 e. The van der Waals surface area contributed by atoms with Crippen molar-refractivity contribution in [2.24, 2.45) is 17.3 Å². The van der Waals surface area contributed by atoms with Crippen molar-refractivity contribution in [2.75, 3.05) is 0 Å². The molecule has 152 valence electrons. The van der Waals surface area contributed by atoms with Gasteiger partial charge in [0.15, 0.2) is 12.4 Å². The molecule has 1 aliphatic carbocycles. The predicted molar refractivity (Wildman–Crippen MR) is 112 cm³/mol. The molecule has 0 amide bonds. The molecule has 2 aromatic carbocycles. The van der Waals surface area contributed by atoms with Crippen molar-refractivity contribution in [2.45, 2.75) is 36.1 Å². The van der Waals surface area contributed by atoms with Crippen molar-refractivity contribution in [3.05, 3.63) is 60.2 Å². The lowest BCUT2D eigenvalue weighted by molar-refractivity contribution is -0.179. The number of hydrogen-bond acceptors (Lipinski definition) is 4. The summed E-state index contributed by atoms with van der Waals surface area (Å²) in [6.07, 6.45) is -2.01. The normalized spacial score (nSPS) is 28.3. The van der Waals surface area contributed by atoms with Crippen molar-refractivity contribution < 1.29 is 14.2 Å². The van der Waals surface area contributed by atoms with Crippen LogP contribution >= 0.6 is 34.8 Å². The van der Waals surface area contributed by atoms with Gasteiger partial charge in [-0.25, -0.2) is 0 Å².